The Morgan fingerprint density at radius 3 is 2.67 bits per heavy atom. The molecule has 6 nitrogen and oxygen atoms in total. The molecule has 2 aromatic heterocycles. The van der Waals surface area contributed by atoms with Gasteiger partial charge in [0.25, 0.3) is 5.56 Å². The Kier molecular flexibility index (Phi) is 3.45. The van der Waals surface area contributed by atoms with Crippen LogP contribution in [0.4, 0.5) is 0 Å². The second-order valence-electron chi connectivity index (χ2n) is 5.19. The van der Waals surface area contributed by atoms with Crippen molar-refractivity contribution in [1.82, 2.24) is 19.8 Å². The molecular formula is C11H17N5OS. The minimum absolute atomic E-state index is 0.178. The highest BCUT2D eigenvalue weighted by molar-refractivity contribution is 7.16. The number of hydrogen-bond acceptors (Lipinski definition) is 6. The van der Waals surface area contributed by atoms with Crippen molar-refractivity contribution in [2.75, 3.05) is 6.54 Å². The first kappa shape index (κ1) is 13.1. The van der Waals surface area contributed by atoms with E-state index in [-0.39, 0.29) is 11.0 Å². The van der Waals surface area contributed by atoms with Crippen molar-refractivity contribution in [3.63, 3.8) is 0 Å². The summed E-state index contributed by atoms with van der Waals surface area (Å²) in [7, 11) is 0. The lowest BCUT2D eigenvalue weighted by Gasteiger charge is -2.14. The van der Waals surface area contributed by atoms with E-state index in [4.69, 9.17) is 5.73 Å². The summed E-state index contributed by atoms with van der Waals surface area (Å²) >= 11 is 1.39. The zero-order valence-corrected chi connectivity index (χ0v) is 11.6. The molecule has 0 aliphatic carbocycles. The van der Waals surface area contributed by atoms with Crippen LogP contribution < -0.4 is 11.3 Å². The van der Waals surface area contributed by atoms with Crippen molar-refractivity contribution in [3.05, 3.63) is 21.1 Å². The van der Waals surface area contributed by atoms with Gasteiger partial charge >= 0.3 is 0 Å². The number of hydrogen-bond donors (Lipinski definition) is 1. The lowest BCUT2D eigenvalue weighted by molar-refractivity contribution is 0.542. The maximum Gasteiger partial charge on any atom is 0.297 e. The molecule has 0 aromatic carbocycles. The number of rotatable bonds is 3. The van der Waals surface area contributed by atoms with Crippen LogP contribution in [0.5, 0.6) is 0 Å². The molecule has 0 unspecified atom stereocenters. The first-order chi connectivity index (χ1) is 8.43. The van der Waals surface area contributed by atoms with Crippen molar-refractivity contribution < 1.29 is 0 Å². The number of aryl methyl sites for hydroxylation is 1. The second-order valence-corrected chi connectivity index (χ2v) is 6.23. The molecule has 18 heavy (non-hydrogen) atoms. The minimum atomic E-state index is -0.327. The molecule has 0 atom stereocenters. The van der Waals surface area contributed by atoms with Crippen LogP contribution in [0.1, 0.15) is 37.9 Å². The van der Waals surface area contributed by atoms with E-state index < -0.39 is 0 Å². The molecule has 0 radical (unpaired) electrons. The molecule has 0 aliphatic rings. The Balaban J connectivity index is 2.51. The molecule has 98 valence electrons. The van der Waals surface area contributed by atoms with Crippen LogP contribution in [0.15, 0.2) is 4.79 Å². The first-order valence-corrected chi connectivity index (χ1v) is 6.71. The second kappa shape index (κ2) is 4.74. The fourth-order valence-electron chi connectivity index (χ4n) is 1.58. The van der Waals surface area contributed by atoms with Gasteiger partial charge in [-0.2, -0.15) is 9.61 Å². The molecule has 0 aliphatic heterocycles. The van der Waals surface area contributed by atoms with E-state index in [0.29, 0.717) is 17.2 Å². The van der Waals surface area contributed by atoms with E-state index in [1.165, 1.54) is 15.9 Å². The first-order valence-electron chi connectivity index (χ1n) is 5.89. The summed E-state index contributed by atoms with van der Waals surface area (Å²) < 4.78 is 1.35. The molecule has 7 heteroatoms. The van der Waals surface area contributed by atoms with E-state index in [9.17, 15) is 4.79 Å². The Morgan fingerprint density at radius 1 is 1.33 bits per heavy atom. The Labute approximate surface area is 109 Å². The van der Waals surface area contributed by atoms with Gasteiger partial charge in [-0.15, -0.1) is 10.2 Å². The number of nitrogens with two attached hydrogens (primary N) is 1. The summed E-state index contributed by atoms with van der Waals surface area (Å²) in [4.78, 5) is 12.8. The molecule has 2 N–H and O–H groups in total. The van der Waals surface area contributed by atoms with Crippen LogP contribution in [-0.4, -0.2) is 26.4 Å². The quantitative estimate of drug-likeness (QED) is 0.886. The lowest BCUT2D eigenvalue weighted by Crippen LogP contribution is -2.30. The smallest absolute Gasteiger partial charge is 0.297 e. The summed E-state index contributed by atoms with van der Waals surface area (Å²) in [6.45, 7) is 6.43. The highest BCUT2D eigenvalue weighted by atomic mass is 32.1. The zero-order chi connectivity index (χ0) is 13.3. The third kappa shape index (κ3) is 2.41. The van der Waals surface area contributed by atoms with Gasteiger partial charge in [0.1, 0.15) is 10.7 Å². The predicted molar refractivity (Wildman–Crippen MR) is 71.0 cm³/mol. The number of aromatic nitrogens is 4. The van der Waals surface area contributed by atoms with Crippen LogP contribution in [0.2, 0.25) is 0 Å². The fraction of sp³-hybridized carbons (Fsp3) is 0.636. The van der Waals surface area contributed by atoms with Crippen LogP contribution in [-0.2, 0) is 11.8 Å². The summed E-state index contributed by atoms with van der Waals surface area (Å²) in [5.74, 6) is 0. The van der Waals surface area contributed by atoms with Gasteiger partial charge in [0.05, 0.1) is 0 Å². The summed E-state index contributed by atoms with van der Waals surface area (Å²) in [5, 5.41) is 13.3. The van der Waals surface area contributed by atoms with E-state index in [2.05, 4.69) is 15.3 Å². The number of nitrogens with zero attached hydrogens (tertiary/aromatic N) is 4. The molecule has 0 saturated carbocycles. The summed E-state index contributed by atoms with van der Waals surface area (Å²) in [5.41, 5.74) is 5.40. The standard InChI is InChI=1S/C11H17N5OS/c1-11(2,3)8-9(17)16-10(14-13-8)18-7(15-16)5-4-6-12/h4-6,12H2,1-3H3. The van der Waals surface area contributed by atoms with Gasteiger partial charge in [-0.25, -0.2) is 0 Å². The van der Waals surface area contributed by atoms with E-state index >= 15 is 0 Å². The van der Waals surface area contributed by atoms with E-state index in [1.807, 2.05) is 20.8 Å². The van der Waals surface area contributed by atoms with Crippen LogP contribution in [0.25, 0.3) is 4.96 Å². The van der Waals surface area contributed by atoms with Crippen molar-refractivity contribution in [1.29, 1.82) is 0 Å². The third-order valence-electron chi connectivity index (χ3n) is 2.54. The predicted octanol–water partition coefficient (Wildman–Crippen LogP) is 0.735. The largest absolute Gasteiger partial charge is 0.330 e. The molecular weight excluding hydrogens is 250 g/mol. The Hall–Kier alpha value is -1.34. The maximum atomic E-state index is 12.2. The zero-order valence-electron chi connectivity index (χ0n) is 10.8. The molecule has 0 saturated heterocycles. The van der Waals surface area contributed by atoms with Crippen molar-refractivity contribution in [2.24, 2.45) is 5.73 Å². The molecule has 2 rings (SSSR count). The maximum absolute atomic E-state index is 12.2. The van der Waals surface area contributed by atoms with Gasteiger partial charge in [0.15, 0.2) is 0 Å². The van der Waals surface area contributed by atoms with Gasteiger partial charge < -0.3 is 5.73 Å². The normalized spacial score (nSPS) is 12.2. The number of fused-ring (bicyclic) bond motifs is 1. The summed E-state index contributed by atoms with van der Waals surface area (Å²) in [6, 6.07) is 0. The van der Waals surface area contributed by atoms with Gasteiger partial charge in [0.2, 0.25) is 4.96 Å². The van der Waals surface area contributed by atoms with Crippen molar-refractivity contribution in [2.45, 2.75) is 39.0 Å². The van der Waals surface area contributed by atoms with Crippen molar-refractivity contribution in [3.8, 4) is 0 Å². The molecule has 2 aromatic rings. The van der Waals surface area contributed by atoms with Crippen LogP contribution in [0, 0.1) is 0 Å². The van der Waals surface area contributed by atoms with Gasteiger partial charge in [-0.3, -0.25) is 4.79 Å². The SMILES string of the molecule is CC(C)(C)c1nnc2sc(CCCN)nn2c1=O. The van der Waals surface area contributed by atoms with Gasteiger partial charge in [-0.1, -0.05) is 32.1 Å². The molecule has 0 bridgehead atoms. The minimum Gasteiger partial charge on any atom is -0.330 e. The van der Waals surface area contributed by atoms with Crippen molar-refractivity contribution >= 4 is 16.3 Å². The Morgan fingerprint density at radius 2 is 2.06 bits per heavy atom. The third-order valence-corrected chi connectivity index (χ3v) is 3.50. The van der Waals surface area contributed by atoms with E-state index in [0.717, 1.165) is 17.8 Å². The van der Waals surface area contributed by atoms with Crippen LogP contribution >= 0.6 is 11.3 Å². The average molecular weight is 267 g/mol. The highest BCUT2D eigenvalue weighted by Crippen LogP contribution is 2.17. The molecule has 0 fully saturated rings. The van der Waals surface area contributed by atoms with Crippen LogP contribution in [0.3, 0.4) is 0 Å². The molecule has 2 heterocycles. The van der Waals surface area contributed by atoms with Gasteiger partial charge in [0, 0.05) is 11.8 Å². The Bertz CT molecular complexity index is 610. The highest BCUT2D eigenvalue weighted by Gasteiger charge is 2.22. The molecule has 0 spiro atoms. The average Bonchev–Trinajstić information content (AvgIpc) is 2.69. The lowest BCUT2D eigenvalue weighted by atomic mass is 9.93. The van der Waals surface area contributed by atoms with E-state index in [1.54, 1.807) is 0 Å². The van der Waals surface area contributed by atoms with Gasteiger partial charge in [-0.05, 0) is 13.0 Å². The molecule has 0 amide bonds. The monoisotopic (exact) mass is 267 g/mol. The summed E-state index contributed by atoms with van der Waals surface area (Å²) in [6.07, 6.45) is 1.63. The fourth-order valence-corrected chi connectivity index (χ4v) is 2.45. The topological polar surface area (TPSA) is 86.2 Å².